The van der Waals surface area contributed by atoms with Crippen LogP contribution in [0.2, 0.25) is 0 Å². The number of alkyl halides is 6. The summed E-state index contributed by atoms with van der Waals surface area (Å²) in [4.78, 5) is 9.05. The summed E-state index contributed by atoms with van der Waals surface area (Å²) < 4.78 is 79.6. The Morgan fingerprint density at radius 3 is 1.63 bits per heavy atom. The van der Waals surface area contributed by atoms with E-state index in [4.69, 9.17) is 0 Å². The molecule has 0 aliphatic carbocycles. The first kappa shape index (κ1) is 15.1. The third-order valence-electron chi connectivity index (χ3n) is 2.10. The highest BCUT2D eigenvalue weighted by atomic mass is 19.4. The number of benzene rings is 1. The van der Waals surface area contributed by atoms with Crippen molar-refractivity contribution in [2.24, 2.45) is 0 Å². The van der Waals surface area contributed by atoms with E-state index in [0.29, 0.717) is 7.11 Å². The van der Waals surface area contributed by atoms with E-state index in [1.807, 2.05) is 0 Å². The highest BCUT2D eigenvalue weighted by molar-refractivity contribution is 5.52. The molecule has 1 aromatic rings. The summed E-state index contributed by atoms with van der Waals surface area (Å²) in [5.74, 6) is -1.49. The maximum absolute atomic E-state index is 12.6. The molecule has 0 aliphatic rings. The van der Waals surface area contributed by atoms with Gasteiger partial charge >= 0.3 is 12.4 Å². The van der Waals surface area contributed by atoms with Gasteiger partial charge in [0.15, 0.2) is 0 Å². The van der Waals surface area contributed by atoms with Gasteiger partial charge in [0.2, 0.25) is 0 Å². The average Bonchev–Trinajstić information content (AvgIpc) is 2.24. The van der Waals surface area contributed by atoms with E-state index in [1.54, 1.807) is 0 Å². The Morgan fingerprint density at radius 2 is 1.42 bits per heavy atom. The summed E-state index contributed by atoms with van der Waals surface area (Å²) in [6, 6.07) is -0.0118. The molecule has 0 amide bonds. The van der Waals surface area contributed by atoms with Crippen molar-refractivity contribution < 1.29 is 36.0 Å². The fourth-order valence-corrected chi connectivity index (χ4v) is 1.36. The number of methoxy groups -OCH3 is 1. The highest BCUT2D eigenvalue weighted by Gasteiger charge is 2.43. The number of hydrogen-bond donors (Lipinski definition) is 0. The lowest BCUT2D eigenvalue weighted by Gasteiger charge is -2.17. The first-order valence-electron chi connectivity index (χ1n) is 4.49. The second kappa shape index (κ2) is 4.59. The predicted molar refractivity (Wildman–Crippen MR) is 49.7 cm³/mol. The Bertz CT molecular complexity index is 473. The number of rotatable bonds is 2. The van der Waals surface area contributed by atoms with E-state index in [2.05, 4.69) is 4.74 Å². The molecule has 1 aromatic carbocycles. The summed E-state index contributed by atoms with van der Waals surface area (Å²) in [7, 11) is 0.617. The summed E-state index contributed by atoms with van der Waals surface area (Å²) in [6.07, 6.45) is -10.4. The lowest BCUT2D eigenvalue weighted by atomic mass is 10.1. The van der Waals surface area contributed by atoms with E-state index in [1.165, 1.54) is 0 Å². The van der Waals surface area contributed by atoms with Gasteiger partial charge in [-0.1, -0.05) is 0 Å². The summed E-state index contributed by atoms with van der Waals surface area (Å²) in [6.45, 7) is 0. The minimum Gasteiger partial charge on any atom is -0.495 e. The molecule has 4 nitrogen and oxygen atoms in total. The van der Waals surface area contributed by atoms with Gasteiger partial charge in [0.05, 0.1) is 12.0 Å². The Labute approximate surface area is 101 Å². The van der Waals surface area contributed by atoms with Gasteiger partial charge in [-0.2, -0.15) is 26.3 Å². The fraction of sp³-hybridized carbons (Fsp3) is 0.333. The molecule has 0 saturated carbocycles. The first-order chi connectivity index (χ1) is 8.48. The zero-order valence-electron chi connectivity index (χ0n) is 9.09. The lowest BCUT2D eigenvalue weighted by molar-refractivity contribution is -0.385. The van der Waals surface area contributed by atoms with Crippen LogP contribution < -0.4 is 4.74 Å². The minimum absolute atomic E-state index is 0.00588. The molecule has 0 aromatic heterocycles. The molecule has 0 spiro atoms. The van der Waals surface area contributed by atoms with Crippen LogP contribution in [0.25, 0.3) is 0 Å². The number of nitro benzene ring substituents is 1. The van der Waals surface area contributed by atoms with Crippen LogP contribution >= 0.6 is 0 Å². The molecule has 0 saturated heterocycles. The molecular weight excluding hydrogens is 284 g/mol. The third-order valence-corrected chi connectivity index (χ3v) is 2.10. The van der Waals surface area contributed by atoms with E-state index in [-0.39, 0.29) is 12.1 Å². The van der Waals surface area contributed by atoms with Crippen molar-refractivity contribution in [1.29, 1.82) is 0 Å². The van der Waals surface area contributed by atoms with Gasteiger partial charge < -0.3 is 4.74 Å². The Kier molecular flexibility index (Phi) is 3.64. The Hall–Kier alpha value is -2.00. The number of hydrogen-bond acceptors (Lipinski definition) is 3. The molecule has 106 valence electrons. The van der Waals surface area contributed by atoms with Gasteiger partial charge in [0, 0.05) is 12.1 Å². The van der Waals surface area contributed by atoms with Crippen LogP contribution in [0.5, 0.6) is 5.75 Å². The second-order valence-electron chi connectivity index (χ2n) is 3.33. The lowest BCUT2D eigenvalue weighted by Crippen LogP contribution is -2.15. The molecule has 10 heteroatoms. The largest absolute Gasteiger partial charge is 0.495 e. The van der Waals surface area contributed by atoms with Crippen molar-refractivity contribution in [1.82, 2.24) is 0 Å². The standard InChI is InChI=1S/C9H5F6NO3/c1-19-7-5(8(10,11)12)2-4(16(17)18)3-6(7)9(13,14)15/h2-3H,1H3. The van der Waals surface area contributed by atoms with Crippen molar-refractivity contribution in [3.63, 3.8) is 0 Å². The van der Waals surface area contributed by atoms with E-state index >= 15 is 0 Å². The van der Waals surface area contributed by atoms with Crippen LogP contribution in [0.15, 0.2) is 12.1 Å². The van der Waals surface area contributed by atoms with Crippen LogP contribution in [0.3, 0.4) is 0 Å². The molecule has 0 radical (unpaired) electrons. The van der Waals surface area contributed by atoms with Gasteiger partial charge in [-0.05, 0) is 0 Å². The minimum atomic E-state index is -5.21. The molecule has 0 aliphatic heterocycles. The van der Waals surface area contributed by atoms with Gasteiger partial charge in [0.1, 0.15) is 16.9 Å². The maximum Gasteiger partial charge on any atom is 0.420 e. The number of ether oxygens (including phenoxy) is 1. The molecule has 0 fully saturated rings. The van der Waals surface area contributed by atoms with Gasteiger partial charge in [0.25, 0.3) is 5.69 Å². The topological polar surface area (TPSA) is 52.4 Å². The Morgan fingerprint density at radius 1 is 1.05 bits per heavy atom. The van der Waals surface area contributed by atoms with Gasteiger partial charge in [-0.3, -0.25) is 10.1 Å². The normalized spacial score (nSPS) is 12.4. The number of nitrogens with zero attached hydrogens (tertiary/aromatic N) is 1. The highest BCUT2D eigenvalue weighted by Crippen LogP contribution is 2.46. The van der Waals surface area contributed by atoms with Crippen molar-refractivity contribution in [3.05, 3.63) is 33.4 Å². The summed E-state index contributed by atoms with van der Waals surface area (Å²) in [5.41, 5.74) is -5.02. The Balaban J connectivity index is 3.72. The van der Waals surface area contributed by atoms with Crippen LogP contribution in [0.1, 0.15) is 11.1 Å². The third kappa shape index (κ3) is 3.06. The SMILES string of the molecule is COc1c(C(F)(F)F)cc([N+](=O)[O-])cc1C(F)(F)F. The van der Waals surface area contributed by atoms with Crippen molar-refractivity contribution in [2.45, 2.75) is 12.4 Å². The average molecular weight is 289 g/mol. The molecule has 1 rings (SSSR count). The van der Waals surface area contributed by atoms with E-state index in [0.717, 1.165) is 0 Å². The smallest absolute Gasteiger partial charge is 0.420 e. The molecule has 0 unspecified atom stereocenters. The number of non-ortho nitro benzene ring substituents is 1. The summed E-state index contributed by atoms with van der Waals surface area (Å²) >= 11 is 0. The maximum atomic E-state index is 12.6. The number of halogens is 6. The molecule has 0 N–H and O–H groups in total. The fourth-order valence-electron chi connectivity index (χ4n) is 1.36. The summed E-state index contributed by atoms with van der Waals surface area (Å²) in [5, 5.41) is 10.4. The molecule has 0 bridgehead atoms. The van der Waals surface area contributed by atoms with Crippen LogP contribution in [-0.2, 0) is 12.4 Å². The van der Waals surface area contributed by atoms with Crippen LogP contribution in [-0.4, -0.2) is 12.0 Å². The van der Waals surface area contributed by atoms with Crippen molar-refractivity contribution in [3.8, 4) is 5.75 Å². The molecule has 19 heavy (non-hydrogen) atoms. The second-order valence-corrected chi connectivity index (χ2v) is 3.33. The van der Waals surface area contributed by atoms with Gasteiger partial charge in [-0.25, -0.2) is 0 Å². The van der Waals surface area contributed by atoms with Crippen molar-refractivity contribution in [2.75, 3.05) is 7.11 Å². The van der Waals surface area contributed by atoms with E-state index in [9.17, 15) is 36.5 Å². The first-order valence-corrected chi connectivity index (χ1v) is 4.49. The van der Waals surface area contributed by atoms with E-state index < -0.39 is 39.8 Å². The zero-order chi connectivity index (χ0) is 15.0. The molecular formula is C9H5F6NO3. The monoisotopic (exact) mass is 289 g/mol. The molecule has 0 atom stereocenters. The zero-order valence-corrected chi connectivity index (χ0v) is 9.09. The van der Waals surface area contributed by atoms with Crippen LogP contribution in [0, 0.1) is 10.1 Å². The quantitative estimate of drug-likeness (QED) is 0.474. The number of nitro groups is 1. The van der Waals surface area contributed by atoms with Gasteiger partial charge in [-0.15, -0.1) is 0 Å². The van der Waals surface area contributed by atoms with Crippen LogP contribution in [0.4, 0.5) is 32.0 Å². The predicted octanol–water partition coefficient (Wildman–Crippen LogP) is 3.64. The molecule has 0 heterocycles. The van der Waals surface area contributed by atoms with Crippen molar-refractivity contribution >= 4 is 5.69 Å².